The van der Waals surface area contributed by atoms with Gasteiger partial charge in [-0.1, -0.05) is 34.4 Å². The van der Waals surface area contributed by atoms with E-state index >= 15 is 0 Å². The fraction of sp³-hybridized carbons (Fsp3) is 0.188. The van der Waals surface area contributed by atoms with Crippen LogP contribution in [0.3, 0.4) is 0 Å². The lowest BCUT2D eigenvalue weighted by molar-refractivity contribution is -0.139. The summed E-state index contributed by atoms with van der Waals surface area (Å²) in [7, 11) is 3.47. The van der Waals surface area contributed by atoms with Gasteiger partial charge in [-0.15, -0.1) is 0 Å². The lowest BCUT2D eigenvalue weighted by atomic mass is 9.96. The van der Waals surface area contributed by atoms with Crippen LogP contribution in [0.2, 0.25) is 0 Å². The average molecular weight is 347 g/mol. The molecule has 0 atom stereocenters. The van der Waals surface area contributed by atoms with E-state index in [0.717, 1.165) is 27.7 Å². The zero-order valence-electron chi connectivity index (χ0n) is 12.1. The third-order valence-electron chi connectivity index (χ3n) is 3.11. The summed E-state index contributed by atoms with van der Waals surface area (Å²) in [6.45, 7) is 0. The molecule has 0 spiro atoms. The van der Waals surface area contributed by atoms with Crippen molar-refractivity contribution in [3.05, 3.63) is 58.1 Å². The minimum absolute atomic E-state index is 0.245. The molecule has 2 rings (SSSR count). The highest BCUT2D eigenvalue weighted by atomic mass is 79.9. The van der Waals surface area contributed by atoms with Gasteiger partial charge in [0.2, 0.25) is 0 Å². The summed E-state index contributed by atoms with van der Waals surface area (Å²) in [6.07, 6.45) is 1.13. The lowest BCUT2D eigenvalue weighted by Crippen LogP contribution is -2.04. The number of carbonyl (C=O) groups excluding carboxylic acids is 1. The first-order valence-electron chi connectivity index (χ1n) is 6.74. The Bertz CT molecular complexity index is 643. The van der Waals surface area contributed by atoms with E-state index in [1.54, 1.807) is 0 Å². The average Bonchev–Trinajstić information content (AvgIpc) is 2.49. The largest absolute Gasteiger partial charge is 0.469 e. The van der Waals surface area contributed by atoms with Crippen LogP contribution >= 0.6 is 15.9 Å². The third-order valence-corrected chi connectivity index (χ3v) is 3.60. The van der Waals surface area contributed by atoms with Crippen LogP contribution in [0.1, 0.15) is 11.1 Å². The van der Waals surface area contributed by atoms with Crippen LogP contribution in [0.5, 0.6) is 11.5 Å². The number of halogens is 1. The molecule has 5 heteroatoms. The fourth-order valence-electron chi connectivity index (χ4n) is 2.01. The van der Waals surface area contributed by atoms with E-state index < -0.39 is 0 Å². The Kier molecular flexibility index (Phi) is 5.45. The van der Waals surface area contributed by atoms with E-state index in [1.165, 1.54) is 7.11 Å². The van der Waals surface area contributed by atoms with E-state index in [-0.39, 0.29) is 12.4 Å². The van der Waals surface area contributed by atoms with Crippen LogP contribution < -0.4 is 4.74 Å². The molecule has 0 saturated carbocycles. The molecule has 0 amide bonds. The number of methoxy groups -OCH3 is 1. The molecular weight excluding hydrogens is 331 g/mol. The highest BCUT2D eigenvalue weighted by Gasteiger charge is 2.07. The van der Waals surface area contributed by atoms with E-state index in [2.05, 4.69) is 28.5 Å². The van der Waals surface area contributed by atoms with Crippen molar-refractivity contribution in [2.75, 3.05) is 7.11 Å². The first-order valence-corrected chi connectivity index (χ1v) is 7.53. The highest BCUT2D eigenvalue weighted by molar-refractivity contribution is 9.10. The molecule has 0 N–H and O–H groups in total. The van der Waals surface area contributed by atoms with Gasteiger partial charge in [0, 0.05) is 4.47 Å². The maximum absolute atomic E-state index is 11.3. The van der Waals surface area contributed by atoms with Crippen molar-refractivity contribution in [2.24, 2.45) is 0 Å². The van der Waals surface area contributed by atoms with Crippen molar-refractivity contribution in [3.8, 4) is 11.5 Å². The predicted molar refractivity (Wildman–Crippen MR) is 88.6 cm³/mol. The highest BCUT2D eigenvalue weighted by Crippen LogP contribution is 2.28. The molecule has 0 unspecified atom stereocenters. The normalized spacial score (nSPS) is 10.2. The fourth-order valence-corrected chi connectivity index (χ4v) is 2.42. The molecule has 0 bridgehead atoms. The van der Waals surface area contributed by atoms with Crippen molar-refractivity contribution < 1.29 is 14.3 Å². The standard InChI is InChI=1S/C16H16BBrO3/c1-20-16(19)8-11-3-2-4-14(7-11)21-15-6-5-13(18)9-12(15)10-17/h2-7,9H,8,10,17H2,1H3. The first kappa shape index (κ1) is 15.6. The summed E-state index contributed by atoms with van der Waals surface area (Å²) in [5, 5.41) is 0. The second kappa shape index (κ2) is 7.32. The summed E-state index contributed by atoms with van der Waals surface area (Å²) in [6, 6.07) is 13.4. The third kappa shape index (κ3) is 4.36. The smallest absolute Gasteiger partial charge is 0.309 e. The van der Waals surface area contributed by atoms with Gasteiger partial charge in [-0.05, 0) is 41.5 Å². The van der Waals surface area contributed by atoms with Gasteiger partial charge in [0.25, 0.3) is 0 Å². The Morgan fingerprint density at radius 3 is 2.76 bits per heavy atom. The van der Waals surface area contributed by atoms with Crippen LogP contribution in [0.25, 0.3) is 0 Å². The van der Waals surface area contributed by atoms with Gasteiger partial charge in [-0.25, -0.2) is 0 Å². The minimum atomic E-state index is -0.259. The minimum Gasteiger partial charge on any atom is -0.469 e. The van der Waals surface area contributed by atoms with Gasteiger partial charge in [0.15, 0.2) is 0 Å². The Labute approximate surface area is 133 Å². The van der Waals surface area contributed by atoms with Crippen LogP contribution in [-0.4, -0.2) is 20.9 Å². The Balaban J connectivity index is 2.20. The predicted octanol–water partition coefficient (Wildman–Crippen LogP) is 3.09. The van der Waals surface area contributed by atoms with Gasteiger partial charge in [0.05, 0.1) is 13.5 Å². The molecule has 0 aliphatic heterocycles. The molecule has 108 valence electrons. The zero-order valence-corrected chi connectivity index (χ0v) is 13.6. The van der Waals surface area contributed by atoms with Crippen molar-refractivity contribution >= 4 is 29.7 Å². The van der Waals surface area contributed by atoms with Crippen LogP contribution in [0.15, 0.2) is 46.9 Å². The molecule has 2 aromatic rings. The van der Waals surface area contributed by atoms with Crippen molar-refractivity contribution in [2.45, 2.75) is 12.7 Å². The van der Waals surface area contributed by atoms with Gasteiger partial charge in [0.1, 0.15) is 19.3 Å². The van der Waals surface area contributed by atoms with Crippen LogP contribution in [0.4, 0.5) is 0 Å². The molecule has 0 fully saturated rings. The van der Waals surface area contributed by atoms with E-state index in [9.17, 15) is 4.79 Å². The SMILES string of the molecule is BCc1cc(Br)ccc1Oc1cccc(CC(=O)OC)c1. The molecule has 2 aromatic carbocycles. The van der Waals surface area contributed by atoms with Gasteiger partial charge >= 0.3 is 5.97 Å². The first-order chi connectivity index (χ1) is 10.1. The number of hydrogen-bond acceptors (Lipinski definition) is 3. The number of hydrogen-bond donors (Lipinski definition) is 0. The van der Waals surface area contributed by atoms with Crippen molar-refractivity contribution in [1.29, 1.82) is 0 Å². The van der Waals surface area contributed by atoms with E-state index in [1.807, 2.05) is 42.5 Å². The molecule has 0 aromatic heterocycles. The van der Waals surface area contributed by atoms with Crippen LogP contribution in [0, 0.1) is 0 Å². The van der Waals surface area contributed by atoms with Gasteiger partial charge in [-0.2, -0.15) is 0 Å². The maximum Gasteiger partial charge on any atom is 0.309 e. The molecule has 0 saturated heterocycles. The molecule has 0 radical (unpaired) electrons. The lowest BCUT2D eigenvalue weighted by Gasteiger charge is -2.11. The van der Waals surface area contributed by atoms with Crippen molar-refractivity contribution in [3.63, 3.8) is 0 Å². The maximum atomic E-state index is 11.3. The monoisotopic (exact) mass is 346 g/mol. The summed E-state index contributed by atoms with van der Waals surface area (Å²) in [5.41, 5.74) is 2.00. The molecule has 0 aliphatic carbocycles. The summed E-state index contributed by atoms with van der Waals surface area (Å²) in [5.74, 6) is 1.29. The second-order valence-corrected chi connectivity index (χ2v) is 5.52. The number of rotatable bonds is 5. The molecule has 0 heterocycles. The molecule has 3 nitrogen and oxygen atoms in total. The molecule has 21 heavy (non-hydrogen) atoms. The number of esters is 1. The number of ether oxygens (including phenoxy) is 2. The molecule has 0 aliphatic rings. The Hall–Kier alpha value is -1.75. The number of benzene rings is 2. The number of carbonyl (C=O) groups is 1. The molecular formula is C16H16BBrO3. The topological polar surface area (TPSA) is 35.5 Å². The van der Waals surface area contributed by atoms with E-state index in [0.29, 0.717) is 5.75 Å². The van der Waals surface area contributed by atoms with Crippen molar-refractivity contribution in [1.82, 2.24) is 0 Å². The Morgan fingerprint density at radius 1 is 1.24 bits per heavy atom. The second-order valence-electron chi connectivity index (χ2n) is 4.61. The summed E-state index contributed by atoms with van der Waals surface area (Å²) in [4.78, 5) is 11.3. The Morgan fingerprint density at radius 2 is 2.05 bits per heavy atom. The summed E-state index contributed by atoms with van der Waals surface area (Å²) >= 11 is 3.46. The quantitative estimate of drug-likeness (QED) is 0.616. The van der Waals surface area contributed by atoms with E-state index in [4.69, 9.17) is 4.74 Å². The van der Waals surface area contributed by atoms with Gasteiger partial charge < -0.3 is 9.47 Å². The van der Waals surface area contributed by atoms with Gasteiger partial charge in [-0.3, -0.25) is 4.79 Å². The zero-order chi connectivity index (χ0) is 15.2. The van der Waals surface area contributed by atoms with Crippen LogP contribution in [-0.2, 0) is 22.3 Å². The summed E-state index contributed by atoms with van der Waals surface area (Å²) < 4.78 is 11.6.